The lowest BCUT2D eigenvalue weighted by molar-refractivity contribution is 0.102. The Hall–Kier alpha value is -0.950. The number of nitrogens with one attached hydrogen (secondary N) is 1. The molecule has 0 fully saturated rings. The van der Waals surface area contributed by atoms with Crippen molar-refractivity contribution in [2.75, 3.05) is 5.32 Å². The summed E-state index contributed by atoms with van der Waals surface area (Å²) in [5.74, 6) is -0.200. The summed E-state index contributed by atoms with van der Waals surface area (Å²) in [4.78, 5) is 17.9. The summed E-state index contributed by atoms with van der Waals surface area (Å²) >= 11 is 10.7. The lowest BCUT2D eigenvalue weighted by Crippen LogP contribution is -2.27. The zero-order valence-electron chi connectivity index (χ0n) is 11.0. The molecule has 0 saturated heterocycles. The monoisotopic (exact) mass is 385 g/mol. The molecule has 1 aliphatic carbocycles. The molecule has 3 rings (SSSR count). The smallest absolute Gasteiger partial charge is 0.258 e. The van der Waals surface area contributed by atoms with E-state index in [1.165, 1.54) is 16.2 Å². The van der Waals surface area contributed by atoms with Crippen LogP contribution in [0.4, 0.5) is 5.13 Å². The van der Waals surface area contributed by atoms with E-state index in [-0.39, 0.29) is 11.9 Å². The highest BCUT2D eigenvalue weighted by atomic mass is 79.9. The molecule has 1 amide bonds. The third kappa shape index (κ3) is 3.29. The van der Waals surface area contributed by atoms with Crippen LogP contribution in [0.1, 0.15) is 27.3 Å². The molecule has 1 aromatic carbocycles. The predicted molar refractivity (Wildman–Crippen MR) is 89.2 cm³/mol. The second-order valence-electron chi connectivity index (χ2n) is 4.97. The van der Waals surface area contributed by atoms with Gasteiger partial charge in [-0.3, -0.25) is 10.1 Å². The maximum absolute atomic E-state index is 12.3. The highest BCUT2D eigenvalue weighted by Gasteiger charge is 2.21. The Bertz CT molecular complexity index is 704. The molecule has 0 unspecified atom stereocenters. The van der Waals surface area contributed by atoms with Crippen molar-refractivity contribution < 1.29 is 4.79 Å². The van der Waals surface area contributed by atoms with Crippen molar-refractivity contribution in [2.45, 2.75) is 25.3 Å². The number of hydrogen-bond donors (Lipinski definition) is 2. The fourth-order valence-electron chi connectivity index (χ4n) is 2.29. The SMILES string of the molecule is N[C@H]1CCc2nc(NC(=O)c3ccc(Cl)cc3Br)sc2C1. The standard InChI is InChI=1S/C14H13BrClN3OS/c15-10-5-7(16)1-3-9(10)13(20)19-14-18-11-4-2-8(17)6-12(11)21-14/h1,3,5,8H,2,4,6,17H2,(H,18,19,20)/t8-/m0/s1. The van der Waals surface area contributed by atoms with Gasteiger partial charge in [0.2, 0.25) is 0 Å². The van der Waals surface area contributed by atoms with Crippen molar-refractivity contribution in [3.63, 3.8) is 0 Å². The molecule has 0 bridgehead atoms. The van der Waals surface area contributed by atoms with Crippen molar-refractivity contribution >= 4 is 49.9 Å². The van der Waals surface area contributed by atoms with Gasteiger partial charge in [-0.25, -0.2) is 4.98 Å². The molecule has 4 nitrogen and oxygen atoms in total. The van der Waals surface area contributed by atoms with Crippen molar-refractivity contribution in [3.05, 3.63) is 43.8 Å². The van der Waals surface area contributed by atoms with Gasteiger partial charge >= 0.3 is 0 Å². The van der Waals surface area contributed by atoms with Crippen LogP contribution in [-0.4, -0.2) is 16.9 Å². The summed E-state index contributed by atoms with van der Waals surface area (Å²) in [5, 5.41) is 4.05. The number of fused-ring (bicyclic) bond motifs is 1. The Morgan fingerprint density at radius 2 is 2.33 bits per heavy atom. The highest BCUT2D eigenvalue weighted by molar-refractivity contribution is 9.10. The molecule has 0 spiro atoms. The molecular weight excluding hydrogens is 374 g/mol. The fraction of sp³-hybridized carbons (Fsp3) is 0.286. The number of benzene rings is 1. The Labute approximate surface area is 139 Å². The largest absolute Gasteiger partial charge is 0.327 e. The second kappa shape index (κ2) is 6.04. The Balaban J connectivity index is 1.79. The summed E-state index contributed by atoms with van der Waals surface area (Å²) in [7, 11) is 0. The first kappa shape index (κ1) is 15.0. The highest BCUT2D eigenvalue weighted by Crippen LogP contribution is 2.30. The number of anilines is 1. The van der Waals surface area contributed by atoms with E-state index in [9.17, 15) is 4.79 Å². The van der Waals surface area contributed by atoms with Crippen molar-refractivity contribution in [2.24, 2.45) is 5.73 Å². The minimum Gasteiger partial charge on any atom is -0.327 e. The molecule has 1 atom stereocenters. The molecule has 0 aliphatic heterocycles. The van der Waals surface area contributed by atoms with E-state index < -0.39 is 0 Å². The number of aromatic nitrogens is 1. The van der Waals surface area contributed by atoms with Crippen LogP contribution in [0, 0.1) is 0 Å². The summed E-state index contributed by atoms with van der Waals surface area (Å²) in [6.07, 6.45) is 2.67. The number of hydrogen-bond acceptors (Lipinski definition) is 4. The van der Waals surface area contributed by atoms with Gasteiger partial charge in [0.15, 0.2) is 5.13 Å². The van der Waals surface area contributed by atoms with Gasteiger partial charge in [0.05, 0.1) is 11.3 Å². The molecule has 2 aromatic rings. The molecule has 110 valence electrons. The molecule has 21 heavy (non-hydrogen) atoms. The first-order valence-electron chi connectivity index (χ1n) is 6.53. The number of nitrogens with zero attached hydrogens (tertiary/aromatic N) is 1. The van der Waals surface area contributed by atoms with Crippen LogP contribution in [0.5, 0.6) is 0 Å². The molecule has 0 saturated carbocycles. The molecule has 1 aliphatic rings. The summed E-state index contributed by atoms with van der Waals surface area (Å²) < 4.78 is 0.663. The summed E-state index contributed by atoms with van der Waals surface area (Å²) in [5.41, 5.74) is 7.55. The van der Waals surface area contributed by atoms with E-state index >= 15 is 0 Å². The van der Waals surface area contributed by atoms with Crippen LogP contribution in [0.25, 0.3) is 0 Å². The quantitative estimate of drug-likeness (QED) is 0.828. The molecular formula is C14H13BrClN3OS. The van der Waals surface area contributed by atoms with Crippen LogP contribution >= 0.6 is 38.9 Å². The number of carbonyl (C=O) groups is 1. The molecule has 0 radical (unpaired) electrons. The fourth-order valence-corrected chi connectivity index (χ4v) is 4.25. The van der Waals surface area contributed by atoms with E-state index in [1.54, 1.807) is 18.2 Å². The van der Waals surface area contributed by atoms with Crippen LogP contribution in [0.15, 0.2) is 22.7 Å². The van der Waals surface area contributed by atoms with Gasteiger partial charge in [-0.1, -0.05) is 11.6 Å². The predicted octanol–water partition coefficient (Wildman–Crippen LogP) is 3.63. The number of carbonyl (C=O) groups excluding carboxylic acids is 1. The molecule has 3 N–H and O–H groups in total. The number of halogens is 2. The topological polar surface area (TPSA) is 68.0 Å². The summed E-state index contributed by atoms with van der Waals surface area (Å²) in [6, 6.07) is 5.27. The first-order valence-corrected chi connectivity index (χ1v) is 8.52. The van der Waals surface area contributed by atoms with Gasteiger partial charge in [0.1, 0.15) is 0 Å². The number of rotatable bonds is 2. The van der Waals surface area contributed by atoms with Crippen molar-refractivity contribution in [1.29, 1.82) is 0 Å². The minimum atomic E-state index is -0.200. The van der Waals surface area contributed by atoms with Crippen LogP contribution in [0.2, 0.25) is 5.02 Å². The first-order chi connectivity index (χ1) is 10.0. The molecule has 1 heterocycles. The van der Waals surface area contributed by atoms with Gasteiger partial charge in [-0.15, -0.1) is 11.3 Å². The van der Waals surface area contributed by atoms with E-state index in [1.807, 2.05) is 0 Å². The maximum Gasteiger partial charge on any atom is 0.258 e. The lowest BCUT2D eigenvalue weighted by atomic mass is 9.99. The van der Waals surface area contributed by atoms with Gasteiger partial charge in [-0.2, -0.15) is 0 Å². The Kier molecular flexibility index (Phi) is 4.31. The number of aryl methyl sites for hydroxylation is 1. The van der Waals surface area contributed by atoms with E-state index in [0.29, 0.717) is 20.2 Å². The van der Waals surface area contributed by atoms with Crippen molar-refractivity contribution in [3.8, 4) is 0 Å². The van der Waals surface area contributed by atoms with E-state index in [0.717, 1.165) is 25.0 Å². The molecule has 1 aromatic heterocycles. The average Bonchev–Trinajstić information content (AvgIpc) is 2.79. The van der Waals surface area contributed by atoms with Gasteiger partial charge in [0.25, 0.3) is 5.91 Å². The third-order valence-electron chi connectivity index (χ3n) is 3.37. The number of thiazole rings is 1. The van der Waals surface area contributed by atoms with Crippen LogP contribution in [0.3, 0.4) is 0 Å². The normalized spacial score (nSPS) is 17.4. The third-order valence-corrected chi connectivity index (χ3v) is 5.30. The lowest BCUT2D eigenvalue weighted by Gasteiger charge is -2.15. The van der Waals surface area contributed by atoms with E-state index in [4.69, 9.17) is 17.3 Å². The summed E-state index contributed by atoms with van der Waals surface area (Å²) in [6.45, 7) is 0. The maximum atomic E-state index is 12.3. The zero-order valence-corrected chi connectivity index (χ0v) is 14.2. The number of nitrogens with two attached hydrogens (primary N) is 1. The van der Waals surface area contributed by atoms with Gasteiger partial charge in [-0.05, 0) is 53.4 Å². The van der Waals surface area contributed by atoms with Gasteiger partial charge < -0.3 is 5.73 Å². The molecule has 7 heteroatoms. The van der Waals surface area contributed by atoms with Crippen LogP contribution < -0.4 is 11.1 Å². The Morgan fingerprint density at radius 3 is 3.10 bits per heavy atom. The minimum absolute atomic E-state index is 0.200. The van der Waals surface area contributed by atoms with Crippen molar-refractivity contribution in [1.82, 2.24) is 4.98 Å². The van der Waals surface area contributed by atoms with Crippen LogP contribution in [-0.2, 0) is 12.8 Å². The number of amides is 1. The van der Waals surface area contributed by atoms with E-state index in [2.05, 4.69) is 26.2 Å². The van der Waals surface area contributed by atoms with Gasteiger partial charge in [0, 0.05) is 20.4 Å². The zero-order chi connectivity index (χ0) is 15.0. The average molecular weight is 387 g/mol. The Morgan fingerprint density at radius 1 is 1.52 bits per heavy atom. The second-order valence-corrected chi connectivity index (χ2v) is 7.34.